The van der Waals surface area contributed by atoms with Crippen LogP contribution in [0.25, 0.3) is 0 Å². The number of anilines is 2. The van der Waals surface area contributed by atoms with Gasteiger partial charge in [0.1, 0.15) is 17.8 Å². The monoisotopic (exact) mass is 427 g/mol. The molecule has 0 bridgehead atoms. The Bertz CT molecular complexity index is 1050. The van der Waals surface area contributed by atoms with Crippen LogP contribution in [-0.4, -0.2) is 40.9 Å². The predicted octanol–water partition coefficient (Wildman–Crippen LogP) is 3.61. The van der Waals surface area contributed by atoms with Crippen molar-refractivity contribution >= 4 is 29.1 Å². The van der Waals surface area contributed by atoms with Gasteiger partial charge in [-0.3, -0.25) is 4.79 Å². The first kappa shape index (κ1) is 20.0. The molecule has 2 heterocycles. The zero-order valence-corrected chi connectivity index (χ0v) is 17.6. The van der Waals surface area contributed by atoms with Crippen LogP contribution in [0.5, 0.6) is 11.5 Å². The Balaban J connectivity index is 1.78. The Morgan fingerprint density at radius 1 is 1.17 bits per heavy atom. The van der Waals surface area contributed by atoms with Crippen molar-refractivity contribution in [3.63, 3.8) is 0 Å². The largest absolute Gasteiger partial charge is 0.497 e. The first-order valence-corrected chi connectivity index (χ1v) is 9.84. The van der Waals surface area contributed by atoms with Crippen LogP contribution in [0.4, 0.5) is 11.6 Å². The quantitative estimate of drug-likeness (QED) is 0.646. The fraction of sp³-hybridized carbons (Fsp3) is 0.286. The average molecular weight is 428 g/mol. The molecular formula is C21H22ClN5O3. The maximum absolute atomic E-state index is 13.4. The molecule has 1 amide bonds. The number of carbonyl (C=O) groups is 1. The molecule has 0 spiro atoms. The third-order valence-corrected chi connectivity index (χ3v) is 5.49. The molecule has 0 fully saturated rings. The van der Waals surface area contributed by atoms with Gasteiger partial charge in [0.2, 0.25) is 11.9 Å². The van der Waals surface area contributed by atoms with E-state index in [0.717, 1.165) is 5.56 Å². The van der Waals surface area contributed by atoms with Gasteiger partial charge in [0.25, 0.3) is 0 Å². The zero-order chi connectivity index (χ0) is 21.3. The van der Waals surface area contributed by atoms with Gasteiger partial charge < -0.3 is 20.1 Å². The number of hydrogen-bond acceptors (Lipinski definition) is 6. The van der Waals surface area contributed by atoms with E-state index < -0.39 is 12.0 Å². The number of nitrogens with one attached hydrogen (secondary N) is 2. The van der Waals surface area contributed by atoms with Crippen molar-refractivity contribution in [1.29, 1.82) is 0 Å². The van der Waals surface area contributed by atoms with Gasteiger partial charge in [-0.1, -0.05) is 11.6 Å². The van der Waals surface area contributed by atoms with Crippen molar-refractivity contribution in [3.8, 4) is 11.5 Å². The molecule has 2 N–H and O–H groups in total. The molecule has 4 rings (SSSR count). The van der Waals surface area contributed by atoms with Gasteiger partial charge in [0.05, 0.1) is 26.2 Å². The van der Waals surface area contributed by atoms with Crippen molar-refractivity contribution < 1.29 is 14.3 Å². The molecule has 0 aliphatic carbocycles. The molecule has 1 aliphatic heterocycles. The van der Waals surface area contributed by atoms with Crippen molar-refractivity contribution in [2.24, 2.45) is 5.92 Å². The highest BCUT2D eigenvalue weighted by Crippen LogP contribution is 2.41. The molecule has 2 aromatic carbocycles. The van der Waals surface area contributed by atoms with Crippen molar-refractivity contribution in [2.45, 2.75) is 19.0 Å². The second-order valence-corrected chi connectivity index (χ2v) is 7.47. The molecular weight excluding hydrogens is 406 g/mol. The topological polar surface area (TPSA) is 90.3 Å². The highest BCUT2D eigenvalue weighted by atomic mass is 35.5. The minimum atomic E-state index is -0.504. The number of aromatic nitrogens is 3. The Labute approximate surface area is 179 Å². The van der Waals surface area contributed by atoms with Crippen LogP contribution in [0.1, 0.15) is 18.5 Å². The number of carbonyl (C=O) groups excluding carboxylic acids is 1. The summed E-state index contributed by atoms with van der Waals surface area (Å²) in [6, 6.07) is 11.9. The summed E-state index contributed by atoms with van der Waals surface area (Å²) in [5, 5.41) is 11.2. The minimum absolute atomic E-state index is 0.159. The Kier molecular flexibility index (Phi) is 5.50. The molecule has 1 aromatic heterocycles. The third kappa shape index (κ3) is 3.66. The summed E-state index contributed by atoms with van der Waals surface area (Å²) in [6.45, 7) is 1.95. The molecule has 1 aliphatic rings. The molecule has 8 nitrogen and oxygen atoms in total. The molecule has 3 atom stereocenters. The zero-order valence-electron chi connectivity index (χ0n) is 16.8. The summed E-state index contributed by atoms with van der Waals surface area (Å²) in [6.07, 6.45) is 1.47. The van der Waals surface area contributed by atoms with Crippen molar-refractivity contribution in [1.82, 2.24) is 14.8 Å². The number of hydrogen-bond donors (Lipinski definition) is 2. The number of amides is 1. The van der Waals surface area contributed by atoms with Gasteiger partial charge in [-0.15, -0.1) is 0 Å². The fourth-order valence-corrected chi connectivity index (χ4v) is 3.93. The van der Waals surface area contributed by atoms with E-state index in [-0.39, 0.29) is 11.9 Å². The third-order valence-electron chi connectivity index (χ3n) is 5.24. The van der Waals surface area contributed by atoms with E-state index >= 15 is 0 Å². The van der Waals surface area contributed by atoms with Gasteiger partial charge >= 0.3 is 0 Å². The summed E-state index contributed by atoms with van der Waals surface area (Å²) in [5.74, 6) is 1.23. The van der Waals surface area contributed by atoms with Crippen LogP contribution in [-0.2, 0) is 4.79 Å². The van der Waals surface area contributed by atoms with Crippen LogP contribution in [0.2, 0.25) is 5.02 Å². The molecule has 0 saturated heterocycles. The summed E-state index contributed by atoms with van der Waals surface area (Å²) < 4.78 is 12.7. The normalized spacial score (nSPS) is 20.1. The lowest BCUT2D eigenvalue weighted by atomic mass is 9.85. The summed E-state index contributed by atoms with van der Waals surface area (Å²) in [7, 11) is 3.20. The Hall–Kier alpha value is -3.26. The lowest BCUT2D eigenvalue weighted by Crippen LogP contribution is -2.46. The highest BCUT2D eigenvalue weighted by molar-refractivity contribution is 6.30. The lowest BCUT2D eigenvalue weighted by Gasteiger charge is -2.37. The SMILES string of the molecule is COc1ccc(OC)c([C@@H]2[C@H](C(=O)Nc3ccc(Cl)cc3)[C@@H](C)Nc3ncnn32)c1. The van der Waals surface area contributed by atoms with Gasteiger partial charge in [0.15, 0.2) is 0 Å². The molecule has 0 saturated carbocycles. The van der Waals surface area contributed by atoms with Crippen molar-refractivity contribution in [3.05, 3.63) is 59.4 Å². The van der Waals surface area contributed by atoms with Crippen LogP contribution in [0.3, 0.4) is 0 Å². The predicted molar refractivity (Wildman–Crippen MR) is 114 cm³/mol. The second kappa shape index (κ2) is 8.23. The minimum Gasteiger partial charge on any atom is -0.497 e. The van der Waals surface area contributed by atoms with E-state index in [4.69, 9.17) is 21.1 Å². The molecule has 0 radical (unpaired) electrons. The van der Waals surface area contributed by atoms with Crippen molar-refractivity contribution in [2.75, 3.05) is 24.9 Å². The smallest absolute Gasteiger partial charge is 0.232 e. The summed E-state index contributed by atoms with van der Waals surface area (Å²) >= 11 is 5.96. The average Bonchev–Trinajstić information content (AvgIpc) is 3.21. The number of ether oxygens (including phenoxy) is 2. The standard InChI is InChI=1S/C21H22ClN5O3/c1-12-18(20(28)26-14-6-4-13(22)5-7-14)19(27-21(25-12)23-11-24-27)16-10-15(29-2)8-9-17(16)30-3/h4-12,18-19H,1-3H3,(H,26,28)(H,23,24,25)/t12-,18-,19-/m1/s1. The van der Waals surface area contributed by atoms with E-state index in [0.29, 0.717) is 28.2 Å². The van der Waals surface area contributed by atoms with Gasteiger partial charge in [-0.05, 0) is 49.4 Å². The van der Waals surface area contributed by atoms with Gasteiger partial charge in [0, 0.05) is 22.3 Å². The maximum atomic E-state index is 13.4. The molecule has 3 aromatic rings. The molecule has 156 valence electrons. The number of nitrogens with zero attached hydrogens (tertiary/aromatic N) is 3. The van der Waals surface area contributed by atoms with Crippen LogP contribution >= 0.6 is 11.6 Å². The molecule has 30 heavy (non-hydrogen) atoms. The van der Waals surface area contributed by atoms with Crippen LogP contribution in [0, 0.1) is 5.92 Å². The van der Waals surface area contributed by atoms with E-state index in [1.807, 2.05) is 25.1 Å². The summed E-state index contributed by atoms with van der Waals surface area (Å²) in [4.78, 5) is 17.7. The number of rotatable bonds is 5. The Morgan fingerprint density at radius 2 is 1.93 bits per heavy atom. The van der Waals surface area contributed by atoms with E-state index in [1.165, 1.54) is 6.33 Å². The Morgan fingerprint density at radius 3 is 2.63 bits per heavy atom. The first-order valence-electron chi connectivity index (χ1n) is 9.46. The lowest BCUT2D eigenvalue weighted by molar-refractivity contribution is -0.121. The molecule has 9 heteroatoms. The van der Waals surface area contributed by atoms with E-state index in [9.17, 15) is 4.79 Å². The van der Waals surface area contributed by atoms with Gasteiger partial charge in [-0.25, -0.2) is 4.68 Å². The molecule has 0 unspecified atom stereocenters. The first-order chi connectivity index (χ1) is 14.5. The number of methoxy groups -OCH3 is 2. The van der Waals surface area contributed by atoms with E-state index in [2.05, 4.69) is 20.7 Å². The van der Waals surface area contributed by atoms with Gasteiger partial charge in [-0.2, -0.15) is 10.1 Å². The number of halogens is 1. The van der Waals surface area contributed by atoms with Crippen LogP contribution < -0.4 is 20.1 Å². The maximum Gasteiger partial charge on any atom is 0.232 e. The number of benzene rings is 2. The second-order valence-electron chi connectivity index (χ2n) is 7.04. The highest BCUT2D eigenvalue weighted by Gasteiger charge is 2.42. The summed E-state index contributed by atoms with van der Waals surface area (Å²) in [5.41, 5.74) is 1.45. The van der Waals surface area contributed by atoms with E-state index in [1.54, 1.807) is 43.2 Å². The fourth-order valence-electron chi connectivity index (χ4n) is 3.80. The number of fused-ring (bicyclic) bond motifs is 1. The van der Waals surface area contributed by atoms with Crippen LogP contribution in [0.15, 0.2) is 48.8 Å².